The Labute approximate surface area is 207 Å². The minimum atomic E-state index is -0.981. The first-order valence-corrected chi connectivity index (χ1v) is 11.5. The van der Waals surface area contributed by atoms with Crippen LogP contribution in [0.25, 0.3) is 0 Å². The number of hydrogen-bond donors (Lipinski definition) is 1. The molecule has 1 rings (SSSR count). The Bertz CT molecular complexity index is 861. The van der Waals surface area contributed by atoms with Crippen molar-refractivity contribution < 1.29 is 43.7 Å². The molecule has 0 spiro atoms. The van der Waals surface area contributed by atoms with Crippen LogP contribution in [0.1, 0.15) is 57.4 Å². The van der Waals surface area contributed by atoms with Gasteiger partial charge in [0.15, 0.2) is 0 Å². The summed E-state index contributed by atoms with van der Waals surface area (Å²) in [5.41, 5.74) is 0.654. The topological polar surface area (TPSA) is 186 Å². The van der Waals surface area contributed by atoms with Gasteiger partial charge in [0.25, 0.3) is 10.2 Å². The highest BCUT2D eigenvalue weighted by Gasteiger charge is 2.23. The molecule has 0 aliphatic carbocycles. The molecule has 14 nitrogen and oxygen atoms in total. The Kier molecular flexibility index (Phi) is 14.6. The normalized spacial score (nSPS) is 11.1. The highest BCUT2D eigenvalue weighted by Crippen LogP contribution is 2.15. The molecular weight excluding hydrogens is 482 g/mol. The fourth-order valence-corrected chi connectivity index (χ4v) is 2.92. The zero-order chi connectivity index (χ0) is 26.8. The van der Waals surface area contributed by atoms with Gasteiger partial charge in [0, 0.05) is 19.3 Å². The second kappa shape index (κ2) is 17.5. The van der Waals surface area contributed by atoms with Gasteiger partial charge in [-0.2, -0.15) is 0 Å². The summed E-state index contributed by atoms with van der Waals surface area (Å²) in [6.45, 7) is 1.78. The second-order valence-electron chi connectivity index (χ2n) is 7.64. The van der Waals surface area contributed by atoms with Crippen LogP contribution in [0.4, 0.5) is 0 Å². The maximum atomic E-state index is 12.6. The van der Waals surface area contributed by atoms with Crippen molar-refractivity contribution >= 4 is 17.8 Å². The van der Waals surface area contributed by atoms with Crippen molar-refractivity contribution in [2.45, 2.75) is 64.3 Å². The number of rotatable bonds is 19. The van der Waals surface area contributed by atoms with Gasteiger partial charge in [-0.05, 0) is 37.0 Å². The van der Waals surface area contributed by atoms with Gasteiger partial charge in [-0.1, -0.05) is 31.9 Å². The Morgan fingerprint density at radius 2 is 1.50 bits per heavy atom. The molecule has 1 amide bonds. The number of benzene rings is 1. The van der Waals surface area contributed by atoms with Crippen molar-refractivity contribution in [1.82, 2.24) is 5.32 Å². The molecule has 1 unspecified atom stereocenters. The van der Waals surface area contributed by atoms with Crippen molar-refractivity contribution in [3.05, 3.63) is 50.1 Å². The van der Waals surface area contributed by atoms with E-state index in [1.807, 2.05) is 6.92 Å². The quantitative estimate of drug-likeness (QED) is 0.0940. The van der Waals surface area contributed by atoms with Gasteiger partial charge in [-0.25, -0.2) is 4.79 Å². The van der Waals surface area contributed by atoms with Crippen LogP contribution < -0.4 is 10.1 Å². The highest BCUT2D eigenvalue weighted by molar-refractivity contribution is 5.84. The van der Waals surface area contributed by atoms with Crippen LogP contribution in [0, 0.1) is 20.2 Å². The van der Waals surface area contributed by atoms with Crippen LogP contribution in [0.2, 0.25) is 0 Å². The van der Waals surface area contributed by atoms with E-state index < -0.39 is 34.1 Å². The monoisotopic (exact) mass is 513 g/mol. The van der Waals surface area contributed by atoms with Crippen LogP contribution >= 0.6 is 0 Å². The summed E-state index contributed by atoms with van der Waals surface area (Å²) in [6.07, 6.45) is 2.73. The summed E-state index contributed by atoms with van der Waals surface area (Å²) in [6, 6.07) is 5.29. The lowest BCUT2D eigenvalue weighted by atomic mass is 10.1. The summed E-state index contributed by atoms with van der Waals surface area (Å²) in [7, 11) is 0. The highest BCUT2D eigenvalue weighted by atomic mass is 17.0. The molecule has 36 heavy (non-hydrogen) atoms. The van der Waals surface area contributed by atoms with Gasteiger partial charge >= 0.3 is 11.9 Å². The fourth-order valence-electron chi connectivity index (χ4n) is 2.92. The van der Waals surface area contributed by atoms with Gasteiger partial charge < -0.3 is 24.5 Å². The summed E-state index contributed by atoms with van der Waals surface area (Å²) < 4.78 is 10.4. The third kappa shape index (κ3) is 14.3. The molecule has 0 aliphatic rings. The zero-order valence-electron chi connectivity index (χ0n) is 20.1. The van der Waals surface area contributed by atoms with E-state index in [4.69, 9.17) is 9.47 Å². The van der Waals surface area contributed by atoms with Crippen molar-refractivity contribution in [2.75, 3.05) is 19.8 Å². The molecule has 1 N–H and O–H groups in total. The third-order valence-electron chi connectivity index (χ3n) is 4.67. The lowest BCUT2D eigenvalue weighted by molar-refractivity contribution is -0.757. The van der Waals surface area contributed by atoms with Crippen molar-refractivity contribution in [1.29, 1.82) is 0 Å². The molecule has 0 aromatic heterocycles. The number of nitrogens with zero attached hydrogens (tertiary/aromatic N) is 2. The number of carbonyl (C=O) groups is 3. The van der Waals surface area contributed by atoms with E-state index >= 15 is 0 Å². The summed E-state index contributed by atoms with van der Waals surface area (Å²) in [5, 5.41) is 21.0. The van der Waals surface area contributed by atoms with Crippen molar-refractivity contribution in [3.63, 3.8) is 0 Å². The Morgan fingerprint density at radius 1 is 0.889 bits per heavy atom. The van der Waals surface area contributed by atoms with Gasteiger partial charge in [0.1, 0.15) is 11.8 Å². The molecule has 0 saturated heterocycles. The molecule has 0 fully saturated rings. The summed E-state index contributed by atoms with van der Waals surface area (Å²) >= 11 is 0. The number of amides is 1. The lowest BCUT2D eigenvalue weighted by Crippen LogP contribution is -2.43. The molecule has 1 aromatic carbocycles. The second-order valence-corrected chi connectivity index (χ2v) is 7.64. The van der Waals surface area contributed by atoms with Gasteiger partial charge in [0.2, 0.25) is 5.91 Å². The predicted molar refractivity (Wildman–Crippen MR) is 123 cm³/mol. The van der Waals surface area contributed by atoms with E-state index in [1.165, 1.54) is 12.1 Å². The summed E-state index contributed by atoms with van der Waals surface area (Å²) in [5.74, 6) is -1.43. The van der Waals surface area contributed by atoms with Crippen molar-refractivity contribution in [3.8, 4) is 5.75 Å². The molecule has 14 heteroatoms. The average Bonchev–Trinajstić information content (AvgIpc) is 2.82. The van der Waals surface area contributed by atoms with Gasteiger partial charge in [0.05, 0.1) is 19.8 Å². The smallest absolute Gasteiger partial charge is 0.328 e. The first-order valence-electron chi connectivity index (χ1n) is 11.5. The standard InChI is InChI=1S/C22H31N3O11/c1-2-3-4-13-33-22(28)19(23-20(26)7-5-14-34-24(29)30)16-17-9-11-18(12-10-17)36-21(27)8-6-15-35-25(31)32/h9-12,19H,2-8,13-16H2,1H3,(H,23,26). The van der Waals surface area contributed by atoms with Crippen LogP contribution in [-0.4, -0.2) is 53.9 Å². The lowest BCUT2D eigenvalue weighted by Gasteiger charge is -2.18. The maximum Gasteiger partial charge on any atom is 0.328 e. The van der Waals surface area contributed by atoms with Crippen LogP contribution in [0.5, 0.6) is 5.75 Å². The maximum absolute atomic E-state index is 12.6. The molecule has 0 saturated carbocycles. The SMILES string of the molecule is CCCCCOC(=O)C(Cc1ccc(OC(=O)CCCO[N+](=O)[O-])cc1)NC(=O)CCCO[N+](=O)[O-]. The first kappa shape index (κ1) is 30.1. The van der Waals surface area contributed by atoms with Gasteiger partial charge in [-0.15, -0.1) is 20.2 Å². The van der Waals surface area contributed by atoms with Crippen LogP contribution in [0.3, 0.4) is 0 Å². The average molecular weight is 514 g/mol. The molecule has 0 radical (unpaired) electrons. The van der Waals surface area contributed by atoms with E-state index in [2.05, 4.69) is 15.0 Å². The van der Waals surface area contributed by atoms with Crippen molar-refractivity contribution in [2.24, 2.45) is 0 Å². The number of esters is 2. The third-order valence-corrected chi connectivity index (χ3v) is 4.67. The van der Waals surface area contributed by atoms with Gasteiger partial charge in [-0.3, -0.25) is 9.59 Å². The fraction of sp³-hybridized carbons (Fsp3) is 0.591. The van der Waals surface area contributed by atoms with E-state index in [-0.39, 0.29) is 57.7 Å². The Morgan fingerprint density at radius 3 is 2.08 bits per heavy atom. The van der Waals surface area contributed by atoms with E-state index in [1.54, 1.807) is 12.1 Å². The predicted octanol–water partition coefficient (Wildman–Crippen LogP) is 2.33. The minimum absolute atomic E-state index is 0.0692. The van der Waals surface area contributed by atoms with Crippen LogP contribution in [-0.2, 0) is 35.2 Å². The number of carbonyl (C=O) groups excluding carboxylic acids is 3. The molecular formula is C22H31N3O11. The van der Waals surface area contributed by atoms with E-state index in [9.17, 15) is 34.6 Å². The molecule has 0 bridgehead atoms. The van der Waals surface area contributed by atoms with Crippen LogP contribution in [0.15, 0.2) is 24.3 Å². The number of nitrogens with one attached hydrogen (secondary N) is 1. The molecule has 200 valence electrons. The Balaban J connectivity index is 2.65. The number of unbranched alkanes of at least 4 members (excludes halogenated alkanes) is 2. The van der Waals surface area contributed by atoms with E-state index in [0.717, 1.165) is 12.8 Å². The largest absolute Gasteiger partial charge is 0.464 e. The molecule has 0 heterocycles. The number of hydrogen-bond acceptors (Lipinski definition) is 11. The van der Waals surface area contributed by atoms with E-state index in [0.29, 0.717) is 12.0 Å². The molecule has 0 aliphatic heterocycles. The minimum Gasteiger partial charge on any atom is -0.464 e. The number of ether oxygens (including phenoxy) is 2. The Hall–Kier alpha value is -3.97. The summed E-state index contributed by atoms with van der Waals surface area (Å²) in [4.78, 5) is 65.2. The zero-order valence-corrected chi connectivity index (χ0v) is 20.1. The first-order chi connectivity index (χ1) is 17.2. The molecule has 1 aromatic rings. The molecule has 1 atom stereocenters.